The zero-order valence-electron chi connectivity index (χ0n) is 22.3. The van der Waals surface area contributed by atoms with Crippen LogP contribution < -0.4 is 14.4 Å². The lowest BCUT2D eigenvalue weighted by molar-refractivity contribution is -0.140. The van der Waals surface area contributed by atoms with Crippen LogP contribution in [0.2, 0.25) is 0 Å². The van der Waals surface area contributed by atoms with E-state index in [0.717, 1.165) is 47.4 Å². The molecule has 1 aliphatic rings. The van der Waals surface area contributed by atoms with Crippen molar-refractivity contribution in [2.75, 3.05) is 24.2 Å². The molecule has 0 radical (unpaired) electrons. The third-order valence-corrected chi connectivity index (χ3v) is 8.04. The molecule has 0 aliphatic heterocycles. The Bertz CT molecular complexity index is 1160. The topological polar surface area (TPSA) is 96.0 Å². The van der Waals surface area contributed by atoms with Gasteiger partial charge >= 0.3 is 0 Å². The summed E-state index contributed by atoms with van der Waals surface area (Å²) in [4.78, 5) is 28.8. The molecule has 1 atom stereocenters. The highest BCUT2D eigenvalue weighted by molar-refractivity contribution is 7.92. The number of amides is 2. The third kappa shape index (κ3) is 7.71. The van der Waals surface area contributed by atoms with Gasteiger partial charge in [0.05, 0.1) is 19.1 Å². The quantitative estimate of drug-likeness (QED) is 0.474. The molecule has 1 aliphatic carbocycles. The molecule has 0 heterocycles. The average molecular weight is 530 g/mol. The summed E-state index contributed by atoms with van der Waals surface area (Å²) < 4.78 is 31.9. The molecule has 1 fully saturated rings. The molecule has 1 N–H and O–H groups in total. The fourth-order valence-electron chi connectivity index (χ4n) is 4.83. The van der Waals surface area contributed by atoms with Gasteiger partial charge in [0.2, 0.25) is 21.8 Å². The van der Waals surface area contributed by atoms with Crippen LogP contribution in [0, 0.1) is 6.92 Å². The van der Waals surface area contributed by atoms with Gasteiger partial charge in [0.25, 0.3) is 0 Å². The summed E-state index contributed by atoms with van der Waals surface area (Å²) in [5.74, 6) is 0.0553. The Hall–Kier alpha value is -3.07. The van der Waals surface area contributed by atoms with Crippen molar-refractivity contribution in [3.63, 3.8) is 0 Å². The molecule has 0 unspecified atom stereocenters. The van der Waals surface area contributed by atoms with Crippen molar-refractivity contribution in [1.82, 2.24) is 10.2 Å². The Kier molecular flexibility index (Phi) is 9.97. The molecule has 37 heavy (non-hydrogen) atoms. The predicted octanol–water partition coefficient (Wildman–Crippen LogP) is 4.03. The zero-order valence-corrected chi connectivity index (χ0v) is 23.1. The van der Waals surface area contributed by atoms with Crippen LogP contribution in [0.15, 0.2) is 48.5 Å². The van der Waals surface area contributed by atoms with Gasteiger partial charge in [-0.15, -0.1) is 0 Å². The van der Waals surface area contributed by atoms with Crippen LogP contribution in [0.5, 0.6) is 5.75 Å². The standard InChI is InChI=1S/C28H39N3O5S/c1-5-25(28(33)29-23-12-7-6-8-13-23)30(19-22-15-17-24(36-3)18-16-22)27(32)20-31(37(4,34)35)26-14-10-9-11-21(26)2/h9-11,14-18,23,25H,5-8,12-13,19-20H2,1-4H3,(H,29,33)/t25-/m0/s1. The van der Waals surface area contributed by atoms with E-state index in [2.05, 4.69) is 5.32 Å². The number of nitrogens with one attached hydrogen (secondary N) is 1. The van der Waals surface area contributed by atoms with Gasteiger partial charge in [0.1, 0.15) is 18.3 Å². The Labute approximate surface area is 221 Å². The van der Waals surface area contributed by atoms with Crippen LogP contribution in [0.25, 0.3) is 0 Å². The predicted molar refractivity (Wildman–Crippen MR) is 146 cm³/mol. The second kappa shape index (κ2) is 12.9. The molecule has 1 saturated carbocycles. The zero-order chi connectivity index (χ0) is 27.0. The van der Waals surface area contributed by atoms with Crippen molar-refractivity contribution in [3.05, 3.63) is 59.7 Å². The molecule has 2 aromatic rings. The Morgan fingerprint density at radius 2 is 1.70 bits per heavy atom. The summed E-state index contributed by atoms with van der Waals surface area (Å²) in [5, 5.41) is 3.15. The number of methoxy groups -OCH3 is 1. The molecular formula is C28H39N3O5S. The van der Waals surface area contributed by atoms with Crippen molar-refractivity contribution in [3.8, 4) is 5.75 Å². The molecule has 0 bridgehead atoms. The van der Waals surface area contributed by atoms with Crippen molar-refractivity contribution < 1.29 is 22.7 Å². The Balaban J connectivity index is 1.92. The minimum absolute atomic E-state index is 0.104. The molecule has 9 heteroatoms. The highest BCUT2D eigenvalue weighted by atomic mass is 32.2. The van der Waals surface area contributed by atoms with E-state index in [1.165, 1.54) is 11.3 Å². The van der Waals surface area contributed by atoms with Crippen LogP contribution in [-0.2, 0) is 26.2 Å². The molecule has 0 saturated heterocycles. The molecule has 202 valence electrons. The van der Waals surface area contributed by atoms with Crippen molar-refractivity contribution in [2.45, 2.75) is 71.0 Å². The monoisotopic (exact) mass is 529 g/mol. The maximum absolute atomic E-state index is 13.8. The van der Waals surface area contributed by atoms with Gasteiger partial charge in [0.15, 0.2) is 0 Å². The molecule has 2 aromatic carbocycles. The van der Waals surface area contributed by atoms with E-state index in [-0.39, 0.29) is 18.5 Å². The SMILES string of the molecule is CC[C@@H](C(=O)NC1CCCCC1)N(Cc1ccc(OC)cc1)C(=O)CN(c1ccccc1C)S(C)(=O)=O. The fourth-order valence-corrected chi connectivity index (χ4v) is 5.74. The lowest BCUT2D eigenvalue weighted by Crippen LogP contribution is -2.54. The number of hydrogen-bond acceptors (Lipinski definition) is 5. The first-order valence-corrected chi connectivity index (χ1v) is 14.7. The fraction of sp³-hybridized carbons (Fsp3) is 0.500. The van der Waals surface area contributed by atoms with E-state index in [1.54, 1.807) is 44.4 Å². The molecule has 2 amide bonds. The van der Waals surface area contributed by atoms with E-state index < -0.39 is 28.5 Å². The first kappa shape index (κ1) is 28.5. The van der Waals surface area contributed by atoms with Gasteiger partial charge < -0.3 is 15.0 Å². The molecular weight excluding hydrogens is 490 g/mol. The number of nitrogens with zero attached hydrogens (tertiary/aromatic N) is 2. The number of carbonyl (C=O) groups is 2. The smallest absolute Gasteiger partial charge is 0.244 e. The number of ether oxygens (including phenoxy) is 1. The van der Waals surface area contributed by atoms with E-state index in [0.29, 0.717) is 17.9 Å². The molecule has 8 nitrogen and oxygen atoms in total. The summed E-state index contributed by atoms with van der Waals surface area (Å²) in [6.07, 6.45) is 6.70. The van der Waals surface area contributed by atoms with Crippen LogP contribution in [0.3, 0.4) is 0 Å². The van der Waals surface area contributed by atoms with E-state index in [9.17, 15) is 18.0 Å². The van der Waals surface area contributed by atoms with Gasteiger partial charge in [-0.3, -0.25) is 13.9 Å². The normalized spacial score (nSPS) is 15.0. The number of carbonyl (C=O) groups excluding carboxylic acids is 2. The second-order valence-electron chi connectivity index (χ2n) is 9.69. The highest BCUT2D eigenvalue weighted by Crippen LogP contribution is 2.24. The third-order valence-electron chi connectivity index (χ3n) is 6.91. The maximum atomic E-state index is 13.8. The number of benzene rings is 2. The van der Waals surface area contributed by atoms with Gasteiger partial charge in [-0.05, 0) is 55.5 Å². The van der Waals surface area contributed by atoms with Gasteiger partial charge in [-0.1, -0.05) is 56.5 Å². The van der Waals surface area contributed by atoms with Crippen LogP contribution >= 0.6 is 0 Å². The van der Waals surface area contributed by atoms with Gasteiger partial charge in [0, 0.05) is 12.6 Å². The Morgan fingerprint density at radius 3 is 2.27 bits per heavy atom. The summed E-state index contributed by atoms with van der Waals surface area (Å²) >= 11 is 0. The van der Waals surface area contributed by atoms with Gasteiger partial charge in [-0.25, -0.2) is 8.42 Å². The molecule has 0 spiro atoms. The van der Waals surface area contributed by atoms with Crippen LogP contribution in [-0.4, -0.2) is 57.1 Å². The minimum atomic E-state index is -3.76. The number of sulfonamides is 1. The lowest BCUT2D eigenvalue weighted by atomic mass is 9.95. The largest absolute Gasteiger partial charge is 0.497 e. The summed E-state index contributed by atoms with van der Waals surface area (Å²) in [6.45, 7) is 3.45. The van der Waals surface area contributed by atoms with Crippen molar-refractivity contribution in [1.29, 1.82) is 0 Å². The average Bonchev–Trinajstić information content (AvgIpc) is 2.88. The van der Waals surface area contributed by atoms with Crippen LogP contribution in [0.1, 0.15) is 56.6 Å². The van der Waals surface area contributed by atoms with E-state index in [1.807, 2.05) is 25.1 Å². The highest BCUT2D eigenvalue weighted by Gasteiger charge is 2.33. The Morgan fingerprint density at radius 1 is 1.05 bits per heavy atom. The summed E-state index contributed by atoms with van der Waals surface area (Å²) in [5.41, 5.74) is 2.01. The van der Waals surface area contributed by atoms with Crippen LogP contribution in [0.4, 0.5) is 5.69 Å². The number of hydrogen-bond donors (Lipinski definition) is 1. The first-order valence-electron chi connectivity index (χ1n) is 12.9. The first-order chi connectivity index (χ1) is 17.6. The summed E-state index contributed by atoms with van der Waals surface area (Å²) in [7, 11) is -2.18. The van der Waals surface area contributed by atoms with E-state index >= 15 is 0 Å². The number of aryl methyl sites for hydroxylation is 1. The van der Waals surface area contributed by atoms with E-state index in [4.69, 9.17) is 4.74 Å². The van der Waals surface area contributed by atoms with Crippen molar-refractivity contribution in [2.24, 2.45) is 0 Å². The van der Waals surface area contributed by atoms with Gasteiger partial charge in [-0.2, -0.15) is 0 Å². The summed E-state index contributed by atoms with van der Waals surface area (Å²) in [6, 6.07) is 13.7. The second-order valence-corrected chi connectivity index (χ2v) is 11.6. The molecule has 0 aromatic heterocycles. The maximum Gasteiger partial charge on any atom is 0.244 e. The number of para-hydroxylation sites is 1. The number of rotatable bonds is 11. The molecule has 3 rings (SSSR count). The number of anilines is 1. The minimum Gasteiger partial charge on any atom is -0.497 e. The van der Waals surface area contributed by atoms with Crippen molar-refractivity contribution >= 4 is 27.5 Å². The lowest BCUT2D eigenvalue weighted by Gasteiger charge is -2.34.